The summed E-state index contributed by atoms with van der Waals surface area (Å²) < 4.78 is 33.6. The third-order valence-electron chi connectivity index (χ3n) is 4.70. The molecule has 9 nitrogen and oxygen atoms in total. The van der Waals surface area contributed by atoms with Crippen molar-refractivity contribution in [3.8, 4) is 5.75 Å². The predicted octanol–water partition coefficient (Wildman–Crippen LogP) is 3.11. The van der Waals surface area contributed by atoms with Crippen LogP contribution >= 0.6 is 0 Å². The molecule has 0 bridgehead atoms. The molecule has 3 N–H and O–H groups in total. The van der Waals surface area contributed by atoms with Crippen LogP contribution in [0.3, 0.4) is 0 Å². The highest BCUT2D eigenvalue weighted by atomic mass is 32.2. The van der Waals surface area contributed by atoms with E-state index in [2.05, 4.69) is 25.0 Å². The van der Waals surface area contributed by atoms with Gasteiger partial charge in [0.05, 0.1) is 18.1 Å². The summed E-state index contributed by atoms with van der Waals surface area (Å²) >= 11 is 0. The number of aliphatic hydroxyl groups excluding tert-OH is 1. The van der Waals surface area contributed by atoms with E-state index in [-0.39, 0.29) is 23.1 Å². The molecular formula is C22H21N5O4S. The maximum Gasteiger partial charge on any atom is 0.264 e. The number of nitrogens with one attached hydrogen (secondary N) is 2. The zero-order valence-corrected chi connectivity index (χ0v) is 18.0. The third-order valence-corrected chi connectivity index (χ3v) is 6.02. The molecule has 10 heteroatoms. The van der Waals surface area contributed by atoms with Gasteiger partial charge in [-0.25, -0.2) is 18.4 Å². The van der Waals surface area contributed by atoms with Crippen LogP contribution in [0, 0.1) is 0 Å². The first-order valence-electron chi connectivity index (χ1n) is 9.74. The second kappa shape index (κ2) is 9.16. The SMILES string of the molecule is COc1ccc(CCO)c(Nc2nc3ccccc3nc2NS(=O)(=O)c2cccnc2)c1. The van der Waals surface area contributed by atoms with Gasteiger partial charge in [0.1, 0.15) is 10.6 Å². The zero-order valence-electron chi connectivity index (χ0n) is 17.2. The lowest BCUT2D eigenvalue weighted by Crippen LogP contribution is -2.16. The summed E-state index contributed by atoms with van der Waals surface area (Å²) in [5.41, 5.74) is 2.54. The Morgan fingerprint density at radius 2 is 1.75 bits per heavy atom. The monoisotopic (exact) mass is 451 g/mol. The van der Waals surface area contributed by atoms with Gasteiger partial charge < -0.3 is 15.2 Å². The number of pyridine rings is 1. The molecule has 0 unspecified atom stereocenters. The fourth-order valence-electron chi connectivity index (χ4n) is 3.12. The maximum absolute atomic E-state index is 12.9. The first kappa shape index (κ1) is 21.5. The lowest BCUT2D eigenvalue weighted by Gasteiger charge is -2.16. The molecule has 0 fully saturated rings. The third kappa shape index (κ3) is 4.61. The van der Waals surface area contributed by atoms with Gasteiger partial charge in [0.25, 0.3) is 10.0 Å². The van der Waals surface area contributed by atoms with Crippen molar-refractivity contribution in [2.75, 3.05) is 23.8 Å². The average molecular weight is 452 g/mol. The fraction of sp³-hybridized carbons (Fsp3) is 0.136. The van der Waals surface area contributed by atoms with E-state index in [0.717, 1.165) is 5.56 Å². The van der Waals surface area contributed by atoms with E-state index in [0.29, 0.717) is 28.9 Å². The number of hydrogen-bond donors (Lipinski definition) is 3. The maximum atomic E-state index is 12.9. The van der Waals surface area contributed by atoms with Gasteiger partial charge >= 0.3 is 0 Å². The van der Waals surface area contributed by atoms with Crippen LogP contribution in [-0.2, 0) is 16.4 Å². The summed E-state index contributed by atoms with van der Waals surface area (Å²) in [6.45, 7) is -0.0507. The summed E-state index contributed by atoms with van der Waals surface area (Å²) in [4.78, 5) is 12.9. The molecule has 2 aromatic carbocycles. The van der Waals surface area contributed by atoms with Crippen LogP contribution in [0.1, 0.15) is 5.56 Å². The highest BCUT2D eigenvalue weighted by molar-refractivity contribution is 7.92. The van der Waals surface area contributed by atoms with Gasteiger partial charge in [-0.1, -0.05) is 18.2 Å². The van der Waals surface area contributed by atoms with Crippen LogP contribution in [0.4, 0.5) is 17.3 Å². The largest absolute Gasteiger partial charge is 0.497 e. The van der Waals surface area contributed by atoms with E-state index in [4.69, 9.17) is 4.74 Å². The summed E-state index contributed by atoms with van der Waals surface area (Å²) in [6.07, 6.45) is 3.14. The van der Waals surface area contributed by atoms with E-state index in [9.17, 15) is 13.5 Å². The van der Waals surface area contributed by atoms with Gasteiger partial charge in [0, 0.05) is 30.8 Å². The van der Waals surface area contributed by atoms with Crippen molar-refractivity contribution in [1.82, 2.24) is 15.0 Å². The van der Waals surface area contributed by atoms with Gasteiger partial charge in [0.15, 0.2) is 11.6 Å². The number of anilines is 3. The zero-order chi connectivity index (χ0) is 22.6. The molecule has 0 spiro atoms. The van der Waals surface area contributed by atoms with E-state index in [1.165, 1.54) is 24.5 Å². The molecule has 0 aliphatic heterocycles. The lowest BCUT2D eigenvalue weighted by molar-refractivity contribution is 0.299. The Labute approximate surface area is 185 Å². The van der Waals surface area contributed by atoms with E-state index in [1.807, 2.05) is 12.1 Å². The minimum Gasteiger partial charge on any atom is -0.497 e. The Kier molecular flexibility index (Phi) is 6.15. The summed E-state index contributed by atoms with van der Waals surface area (Å²) in [6, 6.07) is 15.5. The Morgan fingerprint density at radius 1 is 1.00 bits per heavy atom. The molecule has 0 saturated heterocycles. The van der Waals surface area contributed by atoms with Crippen molar-refractivity contribution >= 4 is 38.4 Å². The molecule has 2 aromatic heterocycles. The number of benzene rings is 2. The topological polar surface area (TPSA) is 126 Å². The van der Waals surface area contributed by atoms with E-state index >= 15 is 0 Å². The summed E-state index contributed by atoms with van der Waals surface area (Å²) in [7, 11) is -2.40. The smallest absolute Gasteiger partial charge is 0.264 e. The standard InChI is InChI=1S/C22H21N5O4S/c1-31-16-9-8-15(10-12-28)20(13-16)26-21-22(25-19-7-3-2-6-18(19)24-21)27-32(29,30)17-5-4-11-23-14-17/h2-9,11,13-14,28H,10,12H2,1H3,(H,24,26)(H,25,27). The number of sulfonamides is 1. The second-order valence-corrected chi connectivity index (χ2v) is 8.51. The fourth-order valence-corrected chi connectivity index (χ4v) is 4.09. The molecule has 0 radical (unpaired) electrons. The number of aromatic nitrogens is 3. The molecule has 0 amide bonds. The number of para-hydroxylation sites is 2. The number of rotatable bonds is 8. The number of ether oxygens (including phenoxy) is 1. The first-order valence-corrected chi connectivity index (χ1v) is 11.2. The highest BCUT2D eigenvalue weighted by Crippen LogP contribution is 2.30. The van der Waals surface area contributed by atoms with Crippen LogP contribution in [-0.4, -0.2) is 42.2 Å². The van der Waals surface area contributed by atoms with E-state index < -0.39 is 10.0 Å². The Hall–Kier alpha value is -3.76. The van der Waals surface area contributed by atoms with E-state index in [1.54, 1.807) is 37.4 Å². The van der Waals surface area contributed by atoms with Crippen molar-refractivity contribution in [1.29, 1.82) is 0 Å². The molecule has 4 aromatic rings. The second-order valence-electron chi connectivity index (χ2n) is 6.83. The van der Waals surface area contributed by atoms with Crippen LogP contribution in [0.5, 0.6) is 5.75 Å². The van der Waals surface area contributed by atoms with Crippen molar-refractivity contribution in [3.05, 3.63) is 72.6 Å². The molecule has 32 heavy (non-hydrogen) atoms. The number of hydrogen-bond acceptors (Lipinski definition) is 8. The molecule has 0 saturated carbocycles. The van der Waals surface area contributed by atoms with Crippen molar-refractivity contribution < 1.29 is 18.3 Å². The number of fused-ring (bicyclic) bond motifs is 1. The van der Waals surface area contributed by atoms with Crippen LogP contribution in [0.15, 0.2) is 71.9 Å². The quantitative estimate of drug-likeness (QED) is 0.373. The molecule has 164 valence electrons. The first-order chi connectivity index (χ1) is 15.5. The Morgan fingerprint density at radius 3 is 2.41 bits per heavy atom. The number of methoxy groups -OCH3 is 1. The molecule has 2 heterocycles. The van der Waals surface area contributed by atoms with Gasteiger partial charge in [0.2, 0.25) is 0 Å². The predicted molar refractivity (Wildman–Crippen MR) is 122 cm³/mol. The van der Waals surface area contributed by atoms with Crippen molar-refractivity contribution in [2.45, 2.75) is 11.3 Å². The van der Waals surface area contributed by atoms with Gasteiger partial charge in [-0.15, -0.1) is 0 Å². The normalized spacial score (nSPS) is 11.3. The minimum atomic E-state index is -3.95. The van der Waals surface area contributed by atoms with Crippen LogP contribution < -0.4 is 14.8 Å². The molecule has 4 rings (SSSR count). The van der Waals surface area contributed by atoms with Crippen molar-refractivity contribution in [3.63, 3.8) is 0 Å². The molecule has 0 aliphatic rings. The van der Waals surface area contributed by atoms with Gasteiger partial charge in [-0.2, -0.15) is 0 Å². The summed E-state index contributed by atoms with van der Waals surface area (Å²) in [5, 5.41) is 12.6. The van der Waals surface area contributed by atoms with Crippen molar-refractivity contribution in [2.24, 2.45) is 0 Å². The average Bonchev–Trinajstić information content (AvgIpc) is 2.81. The Balaban J connectivity index is 1.81. The lowest BCUT2D eigenvalue weighted by atomic mass is 10.1. The highest BCUT2D eigenvalue weighted by Gasteiger charge is 2.20. The van der Waals surface area contributed by atoms with Gasteiger partial charge in [-0.3, -0.25) is 9.71 Å². The van der Waals surface area contributed by atoms with Gasteiger partial charge in [-0.05, 0) is 42.3 Å². The molecule has 0 atom stereocenters. The number of nitrogens with zero attached hydrogens (tertiary/aromatic N) is 3. The number of aliphatic hydroxyl groups is 1. The molecule has 0 aliphatic carbocycles. The minimum absolute atomic E-state index is 0.00302. The summed E-state index contributed by atoms with van der Waals surface area (Å²) in [5.74, 6) is 0.842. The van der Waals surface area contributed by atoms with Crippen LogP contribution in [0.2, 0.25) is 0 Å². The Bertz CT molecular complexity index is 1350. The molecular weight excluding hydrogens is 430 g/mol. The van der Waals surface area contributed by atoms with Crippen LogP contribution in [0.25, 0.3) is 11.0 Å².